The van der Waals surface area contributed by atoms with E-state index in [9.17, 15) is 4.79 Å². The van der Waals surface area contributed by atoms with E-state index in [1.165, 1.54) is 6.92 Å². The molecule has 0 aromatic heterocycles. The second-order valence-electron chi connectivity index (χ2n) is 4.11. The van der Waals surface area contributed by atoms with Gasteiger partial charge in [0.15, 0.2) is 0 Å². The highest BCUT2D eigenvalue weighted by Gasteiger charge is 2.17. The molecule has 0 aliphatic carbocycles. The highest BCUT2D eigenvalue weighted by atomic mass is 17.2. The Morgan fingerprint density at radius 3 is 1.86 bits per heavy atom. The van der Waals surface area contributed by atoms with E-state index >= 15 is 0 Å². The molecular weight excluding hydrogens is 182 g/mol. The van der Waals surface area contributed by atoms with E-state index in [0.717, 1.165) is 6.42 Å². The molecule has 0 radical (unpaired) electrons. The van der Waals surface area contributed by atoms with Crippen LogP contribution in [-0.4, -0.2) is 37.6 Å². The first kappa shape index (κ1) is 15.8. The van der Waals surface area contributed by atoms with Crippen molar-refractivity contribution in [2.75, 3.05) is 21.1 Å². The molecule has 0 atom stereocenters. The first-order chi connectivity index (χ1) is 6.21. The zero-order chi connectivity index (χ0) is 11.8. The molecule has 86 valence electrons. The standard InChI is InChI=1S/C7H14O3.C3H9N/c1-5-7(3,4)10-9-6(2)8;1-4(2)3/h5H2,1-4H3;1-3H3. The van der Waals surface area contributed by atoms with Crippen molar-refractivity contribution in [3.63, 3.8) is 0 Å². The zero-order valence-electron chi connectivity index (χ0n) is 10.4. The number of hydrogen-bond acceptors (Lipinski definition) is 4. The van der Waals surface area contributed by atoms with Crippen molar-refractivity contribution >= 4 is 5.97 Å². The van der Waals surface area contributed by atoms with Crippen molar-refractivity contribution in [1.29, 1.82) is 0 Å². The summed E-state index contributed by atoms with van der Waals surface area (Å²) in [5.74, 6) is -0.415. The van der Waals surface area contributed by atoms with Gasteiger partial charge in [0.05, 0.1) is 0 Å². The highest BCUT2D eigenvalue weighted by molar-refractivity contribution is 5.65. The van der Waals surface area contributed by atoms with E-state index < -0.39 is 5.97 Å². The van der Waals surface area contributed by atoms with E-state index in [1.54, 1.807) is 0 Å². The Labute approximate surface area is 87.1 Å². The molecule has 0 saturated carbocycles. The van der Waals surface area contributed by atoms with Crippen LogP contribution >= 0.6 is 0 Å². The molecule has 0 amide bonds. The molecule has 0 rings (SSSR count). The van der Waals surface area contributed by atoms with Gasteiger partial charge < -0.3 is 4.90 Å². The van der Waals surface area contributed by atoms with Crippen molar-refractivity contribution in [3.8, 4) is 0 Å². The first-order valence-corrected chi connectivity index (χ1v) is 4.68. The van der Waals surface area contributed by atoms with E-state index in [0.29, 0.717) is 0 Å². The summed E-state index contributed by atoms with van der Waals surface area (Å²) in [7, 11) is 6.00. The molecule has 0 saturated heterocycles. The van der Waals surface area contributed by atoms with Gasteiger partial charge in [-0.3, -0.25) is 4.89 Å². The molecule has 0 bridgehead atoms. The molecule has 0 aliphatic heterocycles. The van der Waals surface area contributed by atoms with Gasteiger partial charge in [-0.15, -0.1) is 0 Å². The number of carbonyl (C=O) groups is 1. The first-order valence-electron chi connectivity index (χ1n) is 4.68. The number of hydrogen-bond donors (Lipinski definition) is 0. The van der Waals surface area contributed by atoms with Crippen molar-refractivity contribution in [3.05, 3.63) is 0 Å². The fourth-order valence-corrected chi connectivity index (χ4v) is 0.230. The maximum absolute atomic E-state index is 10.3. The molecular formula is C10H23NO3. The fraction of sp³-hybridized carbons (Fsp3) is 0.900. The van der Waals surface area contributed by atoms with Crippen LogP contribution in [0.4, 0.5) is 0 Å². The zero-order valence-corrected chi connectivity index (χ0v) is 10.4. The molecule has 0 aromatic rings. The Hall–Kier alpha value is -0.610. The lowest BCUT2D eigenvalue weighted by Gasteiger charge is -2.19. The number of carbonyl (C=O) groups excluding carboxylic acids is 1. The molecule has 0 unspecified atom stereocenters. The summed E-state index contributed by atoms with van der Waals surface area (Å²) in [5.41, 5.74) is -0.369. The third kappa shape index (κ3) is 17.5. The van der Waals surface area contributed by atoms with Crippen molar-refractivity contribution in [2.24, 2.45) is 0 Å². The highest BCUT2D eigenvalue weighted by Crippen LogP contribution is 2.13. The van der Waals surface area contributed by atoms with Crippen LogP contribution in [0.5, 0.6) is 0 Å². The lowest BCUT2D eigenvalue weighted by atomic mass is 10.1. The van der Waals surface area contributed by atoms with Crippen molar-refractivity contribution < 1.29 is 14.6 Å². The summed E-state index contributed by atoms with van der Waals surface area (Å²) >= 11 is 0. The molecule has 0 heterocycles. The maximum Gasteiger partial charge on any atom is 0.339 e. The summed E-state index contributed by atoms with van der Waals surface area (Å²) in [5, 5.41) is 0. The van der Waals surface area contributed by atoms with Crippen LogP contribution in [0.1, 0.15) is 34.1 Å². The topological polar surface area (TPSA) is 38.8 Å². The van der Waals surface area contributed by atoms with Gasteiger partial charge in [0.25, 0.3) is 0 Å². The summed E-state index contributed by atoms with van der Waals surface area (Å²) in [4.78, 5) is 21.4. The Bertz CT molecular complexity index is 153. The van der Waals surface area contributed by atoms with Crippen LogP contribution in [0.15, 0.2) is 0 Å². The minimum atomic E-state index is -0.415. The van der Waals surface area contributed by atoms with Crippen LogP contribution in [-0.2, 0) is 14.6 Å². The summed E-state index contributed by atoms with van der Waals surface area (Å²) in [6, 6.07) is 0. The molecule has 14 heavy (non-hydrogen) atoms. The second-order valence-corrected chi connectivity index (χ2v) is 4.11. The van der Waals surface area contributed by atoms with Gasteiger partial charge in [-0.05, 0) is 41.4 Å². The third-order valence-corrected chi connectivity index (χ3v) is 1.24. The van der Waals surface area contributed by atoms with Crippen LogP contribution in [0, 0.1) is 0 Å². The SMILES string of the molecule is CCC(C)(C)OOC(C)=O.CN(C)C. The van der Waals surface area contributed by atoms with E-state index in [4.69, 9.17) is 4.89 Å². The van der Waals surface area contributed by atoms with Gasteiger partial charge in [0.1, 0.15) is 5.60 Å². The predicted molar refractivity (Wildman–Crippen MR) is 56.8 cm³/mol. The average molecular weight is 205 g/mol. The number of nitrogens with zero attached hydrogens (tertiary/aromatic N) is 1. The fourth-order valence-electron chi connectivity index (χ4n) is 0.230. The second kappa shape index (κ2) is 7.76. The summed E-state index contributed by atoms with van der Waals surface area (Å²) in [6.07, 6.45) is 0.806. The largest absolute Gasteiger partial charge is 0.339 e. The molecule has 0 aliphatic rings. The minimum absolute atomic E-state index is 0.369. The van der Waals surface area contributed by atoms with Gasteiger partial charge in [-0.25, -0.2) is 4.79 Å². The molecule has 0 spiro atoms. The molecule has 4 heteroatoms. The number of rotatable bonds is 3. The maximum atomic E-state index is 10.3. The normalized spacial score (nSPS) is 10.6. The Morgan fingerprint density at radius 2 is 1.64 bits per heavy atom. The predicted octanol–water partition coefficient (Wildman–Crippen LogP) is 1.85. The summed E-state index contributed by atoms with van der Waals surface area (Å²) < 4.78 is 0. The smallest absolute Gasteiger partial charge is 0.312 e. The minimum Gasteiger partial charge on any atom is -0.312 e. The summed E-state index contributed by atoms with van der Waals surface area (Å²) in [6.45, 7) is 6.99. The van der Waals surface area contributed by atoms with Gasteiger partial charge in [0.2, 0.25) is 0 Å². The van der Waals surface area contributed by atoms with E-state index in [1.807, 2.05) is 46.8 Å². The van der Waals surface area contributed by atoms with Crippen molar-refractivity contribution in [1.82, 2.24) is 4.90 Å². The van der Waals surface area contributed by atoms with Gasteiger partial charge in [0, 0.05) is 6.92 Å². The van der Waals surface area contributed by atoms with Gasteiger partial charge in [-0.1, -0.05) is 6.92 Å². The average Bonchev–Trinajstić information content (AvgIpc) is 2.00. The Morgan fingerprint density at radius 1 is 1.29 bits per heavy atom. The van der Waals surface area contributed by atoms with Crippen LogP contribution in [0.2, 0.25) is 0 Å². The van der Waals surface area contributed by atoms with Crippen LogP contribution in [0.25, 0.3) is 0 Å². The van der Waals surface area contributed by atoms with E-state index in [-0.39, 0.29) is 5.60 Å². The monoisotopic (exact) mass is 205 g/mol. The molecule has 4 nitrogen and oxygen atoms in total. The Balaban J connectivity index is 0. The lowest BCUT2D eigenvalue weighted by molar-refractivity contribution is -0.323. The van der Waals surface area contributed by atoms with Crippen molar-refractivity contribution in [2.45, 2.75) is 39.7 Å². The van der Waals surface area contributed by atoms with Crippen LogP contribution in [0.3, 0.4) is 0 Å². The third-order valence-electron chi connectivity index (χ3n) is 1.24. The quantitative estimate of drug-likeness (QED) is 0.520. The van der Waals surface area contributed by atoms with E-state index in [2.05, 4.69) is 4.89 Å². The van der Waals surface area contributed by atoms with Crippen LogP contribution < -0.4 is 0 Å². The molecule has 0 fully saturated rings. The Kier molecular flexibility index (Phi) is 8.79. The lowest BCUT2D eigenvalue weighted by Crippen LogP contribution is -2.24. The van der Waals surface area contributed by atoms with Gasteiger partial charge in [-0.2, -0.15) is 4.89 Å². The van der Waals surface area contributed by atoms with Gasteiger partial charge >= 0.3 is 5.97 Å². The molecule has 0 aromatic carbocycles. The molecule has 0 N–H and O–H groups in total.